The van der Waals surface area contributed by atoms with E-state index in [1.54, 1.807) is 6.33 Å². The lowest BCUT2D eigenvalue weighted by Gasteiger charge is -2.27. The lowest BCUT2D eigenvalue weighted by molar-refractivity contribution is 0.629. The van der Waals surface area contributed by atoms with E-state index in [1.807, 2.05) is 25.3 Å². The number of hydrogen-bond acceptors (Lipinski definition) is 3. The van der Waals surface area contributed by atoms with E-state index in [0.717, 1.165) is 41.9 Å². The Morgan fingerprint density at radius 2 is 2.13 bits per heavy atom. The van der Waals surface area contributed by atoms with Crippen LogP contribution in [0.2, 0.25) is 0 Å². The maximum absolute atomic E-state index is 13.3. The summed E-state index contributed by atoms with van der Waals surface area (Å²) < 4.78 is 13.3. The number of benzene rings is 1. The smallest absolute Gasteiger partial charge is 0.132 e. The van der Waals surface area contributed by atoms with Gasteiger partial charge in [-0.05, 0) is 37.1 Å². The van der Waals surface area contributed by atoms with Crippen LogP contribution in [0, 0.1) is 12.7 Å². The molecule has 0 saturated carbocycles. The Balaban J connectivity index is 1.62. The average Bonchev–Trinajstić information content (AvgIpc) is 2.98. The van der Waals surface area contributed by atoms with Crippen molar-refractivity contribution in [3.8, 4) is 0 Å². The first-order valence-electron chi connectivity index (χ1n) is 7.70. The maximum Gasteiger partial charge on any atom is 0.132 e. The minimum Gasteiger partial charge on any atom is -0.360 e. The van der Waals surface area contributed by atoms with Crippen molar-refractivity contribution in [2.24, 2.45) is 0 Å². The minimum atomic E-state index is -0.214. The van der Waals surface area contributed by atoms with Gasteiger partial charge in [-0.25, -0.2) is 14.4 Å². The number of aromatic nitrogens is 3. The fourth-order valence-electron chi connectivity index (χ4n) is 3.10. The van der Waals surface area contributed by atoms with Crippen LogP contribution in [0.4, 0.5) is 10.2 Å². The second kappa shape index (κ2) is 5.50. The normalized spacial score (nSPS) is 15.0. The zero-order chi connectivity index (χ0) is 15.8. The number of rotatable bonds is 2. The Kier molecular flexibility index (Phi) is 3.33. The van der Waals surface area contributed by atoms with Gasteiger partial charge in [0.1, 0.15) is 18.0 Å². The Bertz CT molecular complexity index is 897. The summed E-state index contributed by atoms with van der Waals surface area (Å²) in [6.07, 6.45) is 6.75. The molecule has 4 rings (SSSR count). The average molecular weight is 308 g/mol. The van der Waals surface area contributed by atoms with Gasteiger partial charge in [0.15, 0.2) is 0 Å². The van der Waals surface area contributed by atoms with Gasteiger partial charge in [-0.3, -0.25) is 0 Å². The van der Waals surface area contributed by atoms with Crippen LogP contribution in [0.5, 0.6) is 0 Å². The molecule has 3 aromatic rings. The third-order valence-electron chi connectivity index (χ3n) is 4.31. The van der Waals surface area contributed by atoms with Crippen LogP contribution in [-0.4, -0.2) is 28.0 Å². The Morgan fingerprint density at radius 1 is 1.22 bits per heavy atom. The first-order chi connectivity index (χ1) is 11.2. The molecule has 0 spiro atoms. The van der Waals surface area contributed by atoms with E-state index in [-0.39, 0.29) is 5.82 Å². The van der Waals surface area contributed by atoms with Crippen LogP contribution in [0.3, 0.4) is 0 Å². The van der Waals surface area contributed by atoms with Crippen molar-refractivity contribution in [1.29, 1.82) is 0 Å². The molecule has 0 aliphatic carbocycles. The summed E-state index contributed by atoms with van der Waals surface area (Å²) in [6, 6.07) is 6.90. The van der Waals surface area contributed by atoms with Gasteiger partial charge in [0.05, 0.1) is 0 Å². The SMILES string of the molecule is Cc1cc(N2CC=C(c3c[nH]c4cc(F)ccc34)CC2)ncn1. The summed E-state index contributed by atoms with van der Waals surface area (Å²) in [5.41, 5.74) is 4.28. The van der Waals surface area contributed by atoms with E-state index >= 15 is 0 Å². The van der Waals surface area contributed by atoms with Gasteiger partial charge < -0.3 is 9.88 Å². The van der Waals surface area contributed by atoms with Crippen LogP contribution in [0.25, 0.3) is 16.5 Å². The highest BCUT2D eigenvalue weighted by molar-refractivity contribution is 5.93. The molecule has 0 saturated heterocycles. The summed E-state index contributed by atoms with van der Waals surface area (Å²) in [5.74, 6) is 0.752. The minimum absolute atomic E-state index is 0.214. The van der Waals surface area contributed by atoms with Crippen molar-refractivity contribution in [2.75, 3.05) is 18.0 Å². The third kappa shape index (κ3) is 2.59. The molecule has 4 nitrogen and oxygen atoms in total. The molecule has 5 heteroatoms. The molecule has 0 fully saturated rings. The standard InChI is InChI=1S/C18H17FN4/c1-12-8-18(22-11-21-12)23-6-4-13(5-7-23)16-10-20-17-9-14(19)2-3-15(16)17/h2-4,8-11,20H,5-7H2,1H3. The number of H-pyrrole nitrogens is 1. The van der Waals surface area contributed by atoms with Crippen LogP contribution in [0.1, 0.15) is 17.7 Å². The predicted molar refractivity (Wildman–Crippen MR) is 89.8 cm³/mol. The predicted octanol–water partition coefficient (Wildman–Crippen LogP) is 3.70. The van der Waals surface area contributed by atoms with Gasteiger partial charge in [0.25, 0.3) is 0 Å². The highest BCUT2D eigenvalue weighted by atomic mass is 19.1. The van der Waals surface area contributed by atoms with Crippen LogP contribution in [-0.2, 0) is 0 Å². The van der Waals surface area contributed by atoms with E-state index in [0.29, 0.717) is 0 Å². The fourth-order valence-corrected chi connectivity index (χ4v) is 3.10. The van der Waals surface area contributed by atoms with E-state index in [4.69, 9.17) is 0 Å². The number of aryl methyl sites for hydroxylation is 1. The lowest BCUT2D eigenvalue weighted by atomic mass is 9.99. The summed E-state index contributed by atoms with van der Waals surface area (Å²) in [5, 5.41) is 1.07. The Hall–Kier alpha value is -2.69. The molecule has 0 bridgehead atoms. The number of nitrogens with one attached hydrogen (secondary N) is 1. The summed E-state index contributed by atoms with van der Waals surface area (Å²) >= 11 is 0. The molecule has 0 amide bonds. The lowest BCUT2D eigenvalue weighted by Crippen LogP contribution is -2.29. The van der Waals surface area contributed by atoms with Crippen LogP contribution in [0.15, 0.2) is 42.9 Å². The molecule has 0 unspecified atom stereocenters. The largest absolute Gasteiger partial charge is 0.360 e. The molecule has 0 atom stereocenters. The molecule has 1 aliphatic heterocycles. The van der Waals surface area contributed by atoms with Gasteiger partial charge in [-0.15, -0.1) is 0 Å². The highest BCUT2D eigenvalue weighted by Crippen LogP contribution is 2.30. The van der Waals surface area contributed by atoms with Crippen molar-refractivity contribution < 1.29 is 4.39 Å². The van der Waals surface area contributed by atoms with Crippen molar-refractivity contribution in [2.45, 2.75) is 13.3 Å². The number of fused-ring (bicyclic) bond motifs is 1. The topological polar surface area (TPSA) is 44.8 Å². The Morgan fingerprint density at radius 3 is 2.91 bits per heavy atom. The van der Waals surface area contributed by atoms with Crippen molar-refractivity contribution >= 4 is 22.3 Å². The third-order valence-corrected chi connectivity index (χ3v) is 4.31. The molecule has 3 heterocycles. The van der Waals surface area contributed by atoms with Gasteiger partial charge >= 0.3 is 0 Å². The van der Waals surface area contributed by atoms with Crippen molar-refractivity contribution in [3.05, 3.63) is 59.9 Å². The van der Waals surface area contributed by atoms with E-state index in [1.165, 1.54) is 23.3 Å². The number of halogens is 1. The highest BCUT2D eigenvalue weighted by Gasteiger charge is 2.17. The maximum atomic E-state index is 13.3. The van der Waals surface area contributed by atoms with Crippen LogP contribution < -0.4 is 4.90 Å². The molecule has 2 aromatic heterocycles. The summed E-state index contributed by atoms with van der Waals surface area (Å²) in [6.45, 7) is 3.71. The molecule has 0 radical (unpaired) electrons. The number of aromatic amines is 1. The molecule has 1 aromatic carbocycles. The van der Waals surface area contributed by atoms with E-state index in [2.05, 4.69) is 25.9 Å². The summed E-state index contributed by atoms with van der Waals surface area (Å²) in [4.78, 5) is 13.9. The first kappa shape index (κ1) is 13.9. The quantitative estimate of drug-likeness (QED) is 0.785. The van der Waals surface area contributed by atoms with Crippen molar-refractivity contribution in [3.63, 3.8) is 0 Å². The monoisotopic (exact) mass is 308 g/mol. The molecule has 1 N–H and O–H groups in total. The van der Waals surface area contributed by atoms with Gasteiger partial charge in [-0.1, -0.05) is 6.08 Å². The van der Waals surface area contributed by atoms with E-state index < -0.39 is 0 Å². The first-order valence-corrected chi connectivity index (χ1v) is 7.70. The number of nitrogens with zero attached hydrogens (tertiary/aromatic N) is 3. The van der Waals surface area contributed by atoms with Gasteiger partial charge in [0, 0.05) is 47.5 Å². The zero-order valence-corrected chi connectivity index (χ0v) is 12.9. The second-order valence-corrected chi connectivity index (χ2v) is 5.84. The molecule has 116 valence electrons. The Labute approximate surface area is 133 Å². The fraction of sp³-hybridized carbons (Fsp3) is 0.222. The van der Waals surface area contributed by atoms with Gasteiger partial charge in [0.2, 0.25) is 0 Å². The second-order valence-electron chi connectivity index (χ2n) is 5.84. The van der Waals surface area contributed by atoms with Crippen LogP contribution >= 0.6 is 0 Å². The molecule has 1 aliphatic rings. The number of anilines is 1. The van der Waals surface area contributed by atoms with Gasteiger partial charge in [-0.2, -0.15) is 0 Å². The molecule has 23 heavy (non-hydrogen) atoms. The summed E-state index contributed by atoms with van der Waals surface area (Å²) in [7, 11) is 0. The zero-order valence-electron chi connectivity index (χ0n) is 12.9. The molecular formula is C18H17FN4. The molecular weight excluding hydrogens is 291 g/mol. The van der Waals surface area contributed by atoms with E-state index in [9.17, 15) is 4.39 Å². The number of hydrogen-bond donors (Lipinski definition) is 1. The van der Waals surface area contributed by atoms with Crippen molar-refractivity contribution in [1.82, 2.24) is 15.0 Å².